The molecule has 2 amide bonds. The number of methoxy groups -OCH3 is 1. The summed E-state index contributed by atoms with van der Waals surface area (Å²) in [6.07, 6.45) is -1.14. The Labute approximate surface area is 165 Å². The molecule has 9 heteroatoms. The molecule has 2 aromatic carbocycles. The van der Waals surface area contributed by atoms with Gasteiger partial charge < -0.3 is 20.1 Å². The predicted octanol–water partition coefficient (Wildman–Crippen LogP) is 2.79. The van der Waals surface area contributed by atoms with E-state index < -0.39 is 36.2 Å². The number of benzene rings is 2. The van der Waals surface area contributed by atoms with Gasteiger partial charge in [0, 0.05) is 10.6 Å². The van der Waals surface area contributed by atoms with E-state index in [2.05, 4.69) is 10.6 Å². The van der Waals surface area contributed by atoms with E-state index in [1.807, 2.05) is 0 Å². The highest BCUT2D eigenvalue weighted by molar-refractivity contribution is 6.31. The van der Waals surface area contributed by atoms with Gasteiger partial charge in [-0.1, -0.05) is 17.7 Å². The predicted molar refractivity (Wildman–Crippen MR) is 101 cm³/mol. The van der Waals surface area contributed by atoms with Gasteiger partial charge in [0.2, 0.25) is 0 Å². The smallest absolute Gasteiger partial charge is 0.326 e. The van der Waals surface area contributed by atoms with Crippen LogP contribution in [0.4, 0.5) is 10.1 Å². The lowest BCUT2D eigenvalue weighted by Gasteiger charge is -2.15. The molecule has 0 fully saturated rings. The fourth-order valence-electron chi connectivity index (χ4n) is 2.19. The molecule has 0 aromatic heterocycles. The summed E-state index contributed by atoms with van der Waals surface area (Å²) in [6.45, 7) is 0.895. The first-order chi connectivity index (χ1) is 13.3. The van der Waals surface area contributed by atoms with Crippen molar-refractivity contribution in [1.82, 2.24) is 5.32 Å². The SMILES string of the molecule is COc1ccc(Cl)cc1NC(=O)[C@H](C)OC(=O)CNC(=O)c1cccc(F)c1. The molecule has 28 heavy (non-hydrogen) atoms. The molecule has 148 valence electrons. The highest BCUT2D eigenvalue weighted by atomic mass is 35.5. The zero-order chi connectivity index (χ0) is 20.7. The summed E-state index contributed by atoms with van der Waals surface area (Å²) in [4.78, 5) is 35.9. The maximum atomic E-state index is 13.1. The van der Waals surface area contributed by atoms with Crippen LogP contribution in [0.1, 0.15) is 17.3 Å². The Morgan fingerprint density at radius 2 is 1.93 bits per heavy atom. The van der Waals surface area contributed by atoms with Gasteiger partial charge in [-0.3, -0.25) is 14.4 Å². The highest BCUT2D eigenvalue weighted by Crippen LogP contribution is 2.27. The van der Waals surface area contributed by atoms with Crippen LogP contribution in [-0.2, 0) is 14.3 Å². The number of hydrogen-bond donors (Lipinski definition) is 2. The van der Waals surface area contributed by atoms with Gasteiger partial charge in [0.25, 0.3) is 11.8 Å². The first kappa shape index (κ1) is 21.2. The van der Waals surface area contributed by atoms with Crippen LogP contribution in [0, 0.1) is 5.82 Å². The van der Waals surface area contributed by atoms with E-state index in [-0.39, 0.29) is 5.56 Å². The van der Waals surface area contributed by atoms with Crippen molar-refractivity contribution in [2.45, 2.75) is 13.0 Å². The quantitative estimate of drug-likeness (QED) is 0.687. The average molecular weight is 409 g/mol. The molecule has 0 saturated carbocycles. The molecular weight excluding hydrogens is 391 g/mol. The van der Waals surface area contributed by atoms with Crippen LogP contribution >= 0.6 is 11.6 Å². The van der Waals surface area contributed by atoms with E-state index in [1.54, 1.807) is 12.1 Å². The Morgan fingerprint density at radius 1 is 1.18 bits per heavy atom. The number of carbonyl (C=O) groups is 3. The summed E-state index contributed by atoms with van der Waals surface area (Å²) in [5.74, 6) is -2.26. The Hall–Kier alpha value is -3.13. The van der Waals surface area contributed by atoms with E-state index in [0.29, 0.717) is 16.5 Å². The fraction of sp³-hybridized carbons (Fsp3) is 0.211. The second kappa shape index (κ2) is 9.70. The molecule has 0 aliphatic rings. The minimum Gasteiger partial charge on any atom is -0.495 e. The molecule has 0 bridgehead atoms. The zero-order valence-electron chi connectivity index (χ0n) is 15.1. The minimum absolute atomic E-state index is 0.0617. The molecule has 2 aromatic rings. The monoisotopic (exact) mass is 408 g/mol. The third-order valence-corrected chi connectivity index (χ3v) is 3.81. The topological polar surface area (TPSA) is 93.7 Å². The first-order valence-corrected chi connectivity index (χ1v) is 8.55. The van der Waals surface area contributed by atoms with Crippen molar-refractivity contribution in [3.63, 3.8) is 0 Å². The van der Waals surface area contributed by atoms with Crippen molar-refractivity contribution < 1.29 is 28.2 Å². The van der Waals surface area contributed by atoms with Crippen molar-refractivity contribution in [3.05, 3.63) is 58.9 Å². The minimum atomic E-state index is -1.14. The highest BCUT2D eigenvalue weighted by Gasteiger charge is 2.20. The van der Waals surface area contributed by atoms with Crippen LogP contribution in [0.2, 0.25) is 5.02 Å². The Balaban J connectivity index is 1.87. The van der Waals surface area contributed by atoms with Crippen molar-refractivity contribution in [1.29, 1.82) is 0 Å². The molecule has 0 aliphatic heterocycles. The number of anilines is 1. The number of amides is 2. The second-order valence-electron chi connectivity index (χ2n) is 5.66. The fourth-order valence-corrected chi connectivity index (χ4v) is 2.36. The summed E-state index contributed by atoms with van der Waals surface area (Å²) in [5, 5.41) is 5.24. The van der Waals surface area contributed by atoms with Gasteiger partial charge in [-0.05, 0) is 43.3 Å². The number of rotatable bonds is 7. The molecular formula is C19H18ClFN2O5. The van der Waals surface area contributed by atoms with E-state index in [0.717, 1.165) is 6.07 Å². The number of halogens is 2. The number of carbonyl (C=O) groups excluding carboxylic acids is 3. The standard InChI is InChI=1S/C19H18ClFN2O5/c1-11(18(25)23-15-9-13(20)6-7-16(15)27-2)28-17(24)10-22-19(26)12-4-3-5-14(21)8-12/h3-9,11H,10H2,1-2H3,(H,22,26)(H,23,25)/t11-/m0/s1. The van der Waals surface area contributed by atoms with Gasteiger partial charge >= 0.3 is 5.97 Å². The molecule has 7 nitrogen and oxygen atoms in total. The van der Waals surface area contributed by atoms with Crippen LogP contribution in [0.5, 0.6) is 5.75 Å². The third-order valence-electron chi connectivity index (χ3n) is 3.58. The van der Waals surface area contributed by atoms with Gasteiger partial charge in [0.15, 0.2) is 6.10 Å². The Morgan fingerprint density at radius 3 is 2.61 bits per heavy atom. The lowest BCUT2D eigenvalue weighted by molar-refractivity contribution is -0.152. The van der Waals surface area contributed by atoms with Crippen LogP contribution in [0.15, 0.2) is 42.5 Å². The van der Waals surface area contributed by atoms with Gasteiger partial charge in [0.1, 0.15) is 18.1 Å². The number of ether oxygens (including phenoxy) is 2. The maximum absolute atomic E-state index is 13.1. The zero-order valence-corrected chi connectivity index (χ0v) is 15.9. The molecule has 2 N–H and O–H groups in total. The molecule has 0 unspecified atom stereocenters. The lowest BCUT2D eigenvalue weighted by atomic mass is 10.2. The first-order valence-electron chi connectivity index (χ1n) is 8.18. The summed E-state index contributed by atoms with van der Waals surface area (Å²) >= 11 is 5.90. The Kier molecular flexibility index (Phi) is 7.34. The molecule has 0 saturated heterocycles. The van der Waals surface area contributed by atoms with Gasteiger partial charge in [-0.2, -0.15) is 0 Å². The molecule has 0 heterocycles. The van der Waals surface area contributed by atoms with Crippen molar-refractivity contribution in [2.75, 3.05) is 19.0 Å². The molecule has 0 spiro atoms. The number of esters is 1. The van der Waals surface area contributed by atoms with Gasteiger partial charge in [-0.25, -0.2) is 4.39 Å². The number of nitrogens with one attached hydrogen (secondary N) is 2. The van der Waals surface area contributed by atoms with Gasteiger partial charge in [0.05, 0.1) is 12.8 Å². The van der Waals surface area contributed by atoms with Crippen LogP contribution in [0.25, 0.3) is 0 Å². The molecule has 1 atom stereocenters. The normalized spacial score (nSPS) is 11.3. The molecule has 0 aliphatic carbocycles. The lowest BCUT2D eigenvalue weighted by Crippen LogP contribution is -2.35. The average Bonchev–Trinajstić information content (AvgIpc) is 2.66. The number of hydrogen-bond acceptors (Lipinski definition) is 5. The summed E-state index contributed by atoms with van der Waals surface area (Å²) in [5.41, 5.74) is 0.383. The van der Waals surface area contributed by atoms with Crippen LogP contribution in [0.3, 0.4) is 0 Å². The van der Waals surface area contributed by atoms with Gasteiger partial charge in [-0.15, -0.1) is 0 Å². The molecule has 0 radical (unpaired) electrons. The van der Waals surface area contributed by atoms with Crippen LogP contribution < -0.4 is 15.4 Å². The van der Waals surface area contributed by atoms with E-state index in [4.69, 9.17) is 21.1 Å². The van der Waals surface area contributed by atoms with Crippen molar-refractivity contribution in [2.24, 2.45) is 0 Å². The van der Waals surface area contributed by atoms with E-state index >= 15 is 0 Å². The summed E-state index contributed by atoms with van der Waals surface area (Å²) < 4.78 is 23.2. The largest absolute Gasteiger partial charge is 0.495 e. The Bertz CT molecular complexity index is 890. The van der Waals surface area contributed by atoms with Crippen LogP contribution in [-0.4, -0.2) is 37.5 Å². The van der Waals surface area contributed by atoms with E-state index in [1.165, 1.54) is 38.3 Å². The molecule has 2 rings (SSSR count). The summed E-state index contributed by atoms with van der Waals surface area (Å²) in [7, 11) is 1.43. The second-order valence-corrected chi connectivity index (χ2v) is 6.10. The van der Waals surface area contributed by atoms with E-state index in [9.17, 15) is 18.8 Å². The van der Waals surface area contributed by atoms with Crippen molar-refractivity contribution >= 4 is 35.1 Å². The third kappa shape index (κ3) is 5.95. The maximum Gasteiger partial charge on any atom is 0.326 e. The summed E-state index contributed by atoms with van der Waals surface area (Å²) in [6, 6.07) is 9.68. The van der Waals surface area contributed by atoms with Crippen molar-refractivity contribution in [3.8, 4) is 5.75 Å².